The zero-order chi connectivity index (χ0) is 10.0. The fourth-order valence-corrected chi connectivity index (χ4v) is 1.14. The van der Waals surface area contributed by atoms with Gasteiger partial charge in [0.1, 0.15) is 11.3 Å². The van der Waals surface area contributed by atoms with E-state index >= 15 is 0 Å². The highest BCUT2D eigenvalue weighted by Crippen LogP contribution is 2.21. The van der Waals surface area contributed by atoms with Crippen LogP contribution in [0.25, 0.3) is 0 Å². The quantitative estimate of drug-likeness (QED) is 0.703. The predicted octanol–water partition coefficient (Wildman–Crippen LogP) is 1.79. The van der Waals surface area contributed by atoms with Gasteiger partial charge in [0.2, 0.25) is 0 Å². The third kappa shape index (κ3) is 1.69. The highest BCUT2D eigenvalue weighted by molar-refractivity contribution is 5.94. The molecule has 0 saturated carbocycles. The second-order valence-corrected chi connectivity index (χ2v) is 2.64. The van der Waals surface area contributed by atoms with Crippen LogP contribution in [0.1, 0.15) is 21.7 Å². The van der Waals surface area contributed by atoms with Gasteiger partial charge >= 0.3 is 5.97 Å². The molecule has 0 aliphatic heterocycles. The van der Waals surface area contributed by atoms with Crippen molar-refractivity contribution in [3.63, 3.8) is 0 Å². The number of hydrogen-bond acceptors (Lipinski definition) is 4. The highest BCUT2D eigenvalue weighted by atomic mass is 16.4. The van der Waals surface area contributed by atoms with Crippen LogP contribution in [0.15, 0.2) is 11.2 Å². The summed E-state index contributed by atoms with van der Waals surface area (Å²) in [5.41, 5.74) is 0.692. The van der Waals surface area contributed by atoms with Gasteiger partial charge in [-0.3, -0.25) is 4.98 Å². The summed E-state index contributed by atoms with van der Waals surface area (Å²) in [4.78, 5) is 24.9. The lowest BCUT2D eigenvalue weighted by atomic mass is 10.1. The maximum absolute atomic E-state index is 10.7. The zero-order valence-corrected chi connectivity index (χ0v) is 7.24. The van der Waals surface area contributed by atoms with E-state index in [9.17, 15) is 9.70 Å². The number of nitrogens with zero attached hydrogens (tertiary/aromatic N) is 2. The van der Waals surface area contributed by atoms with E-state index in [0.29, 0.717) is 11.4 Å². The lowest BCUT2D eigenvalue weighted by Crippen LogP contribution is -2.03. The van der Waals surface area contributed by atoms with Crippen molar-refractivity contribution in [2.24, 2.45) is 5.18 Å². The summed E-state index contributed by atoms with van der Waals surface area (Å²) in [6, 6.07) is 1.35. The van der Waals surface area contributed by atoms with E-state index < -0.39 is 5.97 Å². The van der Waals surface area contributed by atoms with Crippen molar-refractivity contribution in [1.29, 1.82) is 0 Å². The van der Waals surface area contributed by atoms with Crippen molar-refractivity contribution in [3.8, 4) is 0 Å². The fraction of sp³-hybridized carbons (Fsp3) is 0.250. The van der Waals surface area contributed by atoms with Crippen molar-refractivity contribution < 1.29 is 9.90 Å². The molecule has 1 rings (SSSR count). The summed E-state index contributed by atoms with van der Waals surface area (Å²) in [6.45, 7) is 3.21. The van der Waals surface area contributed by atoms with E-state index in [0.717, 1.165) is 0 Å². The summed E-state index contributed by atoms with van der Waals surface area (Å²) >= 11 is 0. The second-order valence-electron chi connectivity index (χ2n) is 2.64. The molecule has 0 atom stereocenters. The summed E-state index contributed by atoms with van der Waals surface area (Å²) in [5.74, 6) is -1.18. The number of aryl methyl sites for hydroxylation is 2. The Balaban J connectivity index is 3.47. The van der Waals surface area contributed by atoms with Crippen LogP contribution in [0.5, 0.6) is 0 Å². The first-order valence-corrected chi connectivity index (χ1v) is 3.61. The average molecular weight is 180 g/mol. The minimum Gasteiger partial charge on any atom is -0.478 e. The van der Waals surface area contributed by atoms with Crippen molar-refractivity contribution in [2.75, 3.05) is 0 Å². The molecule has 5 heteroatoms. The number of hydrogen-bond donors (Lipinski definition) is 1. The van der Waals surface area contributed by atoms with Gasteiger partial charge in [-0.25, -0.2) is 4.79 Å². The number of pyridine rings is 1. The lowest BCUT2D eigenvalue weighted by molar-refractivity contribution is 0.0696. The lowest BCUT2D eigenvalue weighted by Gasteiger charge is -2.02. The zero-order valence-electron chi connectivity index (χ0n) is 7.24. The molecule has 13 heavy (non-hydrogen) atoms. The summed E-state index contributed by atoms with van der Waals surface area (Å²) < 4.78 is 0. The summed E-state index contributed by atoms with van der Waals surface area (Å²) in [6.07, 6.45) is 0. The van der Waals surface area contributed by atoms with Crippen LogP contribution in [0, 0.1) is 18.8 Å². The molecule has 1 N–H and O–H groups in total. The predicted molar refractivity (Wildman–Crippen MR) is 46.1 cm³/mol. The number of rotatable bonds is 2. The molecule has 0 spiro atoms. The summed E-state index contributed by atoms with van der Waals surface area (Å²) in [7, 11) is 0. The van der Waals surface area contributed by atoms with Gasteiger partial charge in [-0.1, -0.05) is 0 Å². The number of aromatic nitrogens is 1. The van der Waals surface area contributed by atoms with Crippen molar-refractivity contribution >= 4 is 11.7 Å². The molecule has 1 aromatic rings. The van der Waals surface area contributed by atoms with Crippen LogP contribution >= 0.6 is 0 Å². The molecule has 5 nitrogen and oxygen atoms in total. The molecule has 1 heterocycles. The first-order valence-electron chi connectivity index (χ1n) is 3.61. The van der Waals surface area contributed by atoms with E-state index in [1.165, 1.54) is 13.0 Å². The number of carboxylic acids is 1. The molecule has 0 amide bonds. The third-order valence-corrected chi connectivity index (χ3v) is 1.62. The van der Waals surface area contributed by atoms with Gasteiger partial charge < -0.3 is 5.11 Å². The number of carboxylic acid groups (broad SMARTS) is 1. The van der Waals surface area contributed by atoms with Gasteiger partial charge in [0, 0.05) is 5.69 Å². The van der Waals surface area contributed by atoms with Crippen LogP contribution in [0.4, 0.5) is 5.69 Å². The Bertz CT molecular complexity index is 374. The van der Waals surface area contributed by atoms with E-state index in [4.69, 9.17) is 5.11 Å². The number of aromatic carboxylic acids is 1. The van der Waals surface area contributed by atoms with Gasteiger partial charge in [0.15, 0.2) is 0 Å². The molecule has 0 aromatic carbocycles. The van der Waals surface area contributed by atoms with Crippen LogP contribution in [-0.4, -0.2) is 16.1 Å². The molecular weight excluding hydrogens is 172 g/mol. The van der Waals surface area contributed by atoms with Crippen molar-refractivity contribution in [2.45, 2.75) is 13.8 Å². The van der Waals surface area contributed by atoms with Crippen LogP contribution in [-0.2, 0) is 0 Å². The van der Waals surface area contributed by atoms with E-state index in [1.54, 1.807) is 6.92 Å². The minimum absolute atomic E-state index is 0.0718. The Labute approximate surface area is 74.4 Å². The van der Waals surface area contributed by atoms with Crippen molar-refractivity contribution in [3.05, 3.63) is 27.9 Å². The smallest absolute Gasteiger partial charge is 0.339 e. The van der Waals surface area contributed by atoms with Gasteiger partial charge in [-0.15, -0.1) is 4.91 Å². The van der Waals surface area contributed by atoms with E-state index in [1.807, 2.05) is 0 Å². The largest absolute Gasteiger partial charge is 0.478 e. The summed E-state index contributed by atoms with van der Waals surface area (Å²) in [5, 5.41) is 11.4. The van der Waals surface area contributed by atoms with Gasteiger partial charge in [0.05, 0.1) is 5.69 Å². The SMILES string of the molecule is Cc1cc(N=O)c(C(=O)O)c(C)n1. The molecule has 0 unspecified atom stereocenters. The normalized spacial score (nSPS) is 9.69. The van der Waals surface area contributed by atoms with E-state index in [-0.39, 0.29) is 11.3 Å². The molecule has 0 aliphatic carbocycles. The first-order chi connectivity index (χ1) is 6.06. The Morgan fingerprint density at radius 2 is 2.15 bits per heavy atom. The third-order valence-electron chi connectivity index (χ3n) is 1.62. The molecule has 0 saturated heterocycles. The topological polar surface area (TPSA) is 79.6 Å². The average Bonchev–Trinajstić information content (AvgIpc) is 2.01. The Kier molecular flexibility index (Phi) is 2.36. The molecular formula is C8H8N2O3. The molecule has 0 radical (unpaired) electrons. The second kappa shape index (κ2) is 3.30. The van der Waals surface area contributed by atoms with Crippen molar-refractivity contribution in [1.82, 2.24) is 4.98 Å². The Morgan fingerprint density at radius 3 is 2.62 bits per heavy atom. The fourth-order valence-electron chi connectivity index (χ4n) is 1.14. The molecule has 0 aliphatic rings. The van der Waals surface area contributed by atoms with Gasteiger partial charge in [-0.2, -0.15) is 0 Å². The molecule has 68 valence electrons. The number of carbonyl (C=O) groups is 1. The first kappa shape index (κ1) is 9.31. The van der Waals surface area contributed by atoms with E-state index in [2.05, 4.69) is 10.2 Å². The van der Waals surface area contributed by atoms with Gasteiger partial charge in [-0.05, 0) is 25.1 Å². The standard InChI is InChI=1S/C8H8N2O3/c1-4-3-6(10-13)7(8(11)12)5(2)9-4/h3H,1-2H3,(H,11,12). The van der Waals surface area contributed by atoms with Crippen LogP contribution in [0.3, 0.4) is 0 Å². The Hall–Kier alpha value is -1.78. The van der Waals surface area contributed by atoms with Gasteiger partial charge in [0.25, 0.3) is 0 Å². The Morgan fingerprint density at radius 1 is 1.54 bits per heavy atom. The monoisotopic (exact) mass is 180 g/mol. The minimum atomic E-state index is -1.18. The number of nitroso groups, excluding NO2 is 1. The molecule has 0 fully saturated rings. The molecule has 0 bridgehead atoms. The molecule has 1 aromatic heterocycles. The maximum Gasteiger partial charge on any atom is 0.339 e. The van der Waals surface area contributed by atoms with Crippen LogP contribution in [0.2, 0.25) is 0 Å². The van der Waals surface area contributed by atoms with Crippen LogP contribution < -0.4 is 0 Å². The highest BCUT2D eigenvalue weighted by Gasteiger charge is 2.15. The maximum atomic E-state index is 10.7.